The molecular formula is C23H16FNO2. The van der Waals surface area contributed by atoms with Crippen molar-refractivity contribution in [3.63, 3.8) is 0 Å². The molecule has 0 radical (unpaired) electrons. The van der Waals surface area contributed by atoms with Crippen LogP contribution in [0, 0.1) is 17.7 Å². The minimum Gasteiger partial charge on any atom is -0.274 e. The van der Waals surface area contributed by atoms with Crippen LogP contribution in [0.1, 0.15) is 11.1 Å². The molecule has 5 rings (SSSR count). The summed E-state index contributed by atoms with van der Waals surface area (Å²) in [6.07, 6.45) is 0. The number of imide groups is 1. The highest BCUT2D eigenvalue weighted by Crippen LogP contribution is 2.68. The van der Waals surface area contributed by atoms with Crippen molar-refractivity contribution in [2.24, 2.45) is 11.8 Å². The minimum atomic E-state index is -0.668. The smallest absolute Gasteiger partial charge is 0.239 e. The predicted molar refractivity (Wildman–Crippen MR) is 99.5 cm³/mol. The molecule has 0 N–H and O–H groups in total. The van der Waals surface area contributed by atoms with Gasteiger partial charge in [0, 0.05) is 5.41 Å². The zero-order chi connectivity index (χ0) is 18.6. The van der Waals surface area contributed by atoms with Gasteiger partial charge in [-0.15, -0.1) is 0 Å². The Labute approximate surface area is 156 Å². The summed E-state index contributed by atoms with van der Waals surface area (Å²) >= 11 is 0. The Bertz CT molecular complexity index is 985. The van der Waals surface area contributed by atoms with E-state index in [0.717, 1.165) is 16.0 Å². The van der Waals surface area contributed by atoms with Crippen LogP contribution in [-0.4, -0.2) is 11.8 Å². The van der Waals surface area contributed by atoms with Crippen LogP contribution in [-0.2, 0) is 15.0 Å². The first-order valence-electron chi connectivity index (χ1n) is 8.90. The molecule has 1 saturated carbocycles. The van der Waals surface area contributed by atoms with Gasteiger partial charge in [-0.2, -0.15) is 0 Å². The number of carbonyl (C=O) groups is 2. The topological polar surface area (TPSA) is 37.4 Å². The fourth-order valence-electron chi connectivity index (χ4n) is 4.63. The molecule has 0 bridgehead atoms. The number of rotatable bonds is 3. The molecule has 2 atom stereocenters. The summed E-state index contributed by atoms with van der Waals surface area (Å²) in [6, 6.07) is 25.2. The van der Waals surface area contributed by atoms with Gasteiger partial charge in [0.1, 0.15) is 5.82 Å². The summed E-state index contributed by atoms with van der Waals surface area (Å²) in [4.78, 5) is 27.4. The van der Waals surface area contributed by atoms with Crippen LogP contribution in [0.15, 0.2) is 84.9 Å². The summed E-state index contributed by atoms with van der Waals surface area (Å²) in [6.45, 7) is 0. The average Bonchev–Trinajstić information content (AvgIpc) is 3.35. The van der Waals surface area contributed by atoms with Crippen molar-refractivity contribution >= 4 is 17.5 Å². The van der Waals surface area contributed by atoms with Gasteiger partial charge in [-0.3, -0.25) is 9.59 Å². The highest BCUT2D eigenvalue weighted by molar-refractivity contribution is 6.27. The molecule has 3 aromatic rings. The van der Waals surface area contributed by atoms with Crippen molar-refractivity contribution in [2.45, 2.75) is 5.41 Å². The van der Waals surface area contributed by atoms with E-state index < -0.39 is 23.1 Å². The first kappa shape index (κ1) is 15.9. The second-order valence-electron chi connectivity index (χ2n) is 7.02. The Hall–Kier alpha value is -3.27. The van der Waals surface area contributed by atoms with Gasteiger partial charge in [0.05, 0.1) is 17.5 Å². The lowest BCUT2D eigenvalue weighted by molar-refractivity contribution is -0.124. The van der Waals surface area contributed by atoms with Gasteiger partial charge in [0.25, 0.3) is 0 Å². The van der Waals surface area contributed by atoms with E-state index in [4.69, 9.17) is 0 Å². The van der Waals surface area contributed by atoms with E-state index in [9.17, 15) is 14.0 Å². The molecule has 0 aromatic heterocycles. The van der Waals surface area contributed by atoms with Crippen LogP contribution in [0.3, 0.4) is 0 Å². The second kappa shape index (κ2) is 5.61. The summed E-state index contributed by atoms with van der Waals surface area (Å²) in [5.41, 5.74) is 1.26. The molecule has 1 saturated heterocycles. The van der Waals surface area contributed by atoms with E-state index in [1.807, 2.05) is 60.7 Å². The molecule has 1 heterocycles. The Morgan fingerprint density at radius 2 is 1.11 bits per heavy atom. The fourth-order valence-corrected chi connectivity index (χ4v) is 4.63. The van der Waals surface area contributed by atoms with E-state index in [1.165, 1.54) is 12.1 Å². The Balaban J connectivity index is 1.64. The highest BCUT2D eigenvalue weighted by atomic mass is 19.1. The molecule has 2 amide bonds. The van der Waals surface area contributed by atoms with Gasteiger partial charge in [0.15, 0.2) is 0 Å². The molecule has 0 spiro atoms. The van der Waals surface area contributed by atoms with Crippen molar-refractivity contribution in [3.8, 4) is 0 Å². The highest BCUT2D eigenvalue weighted by Gasteiger charge is 2.78. The third-order valence-corrected chi connectivity index (χ3v) is 5.77. The van der Waals surface area contributed by atoms with E-state index in [-0.39, 0.29) is 17.5 Å². The lowest BCUT2D eigenvalue weighted by Crippen LogP contribution is -2.39. The molecule has 27 heavy (non-hydrogen) atoms. The number of benzene rings is 3. The van der Waals surface area contributed by atoms with Gasteiger partial charge in [0.2, 0.25) is 11.8 Å². The van der Waals surface area contributed by atoms with Crippen LogP contribution < -0.4 is 4.90 Å². The number of piperidine rings is 1. The van der Waals surface area contributed by atoms with Crippen LogP contribution in [0.4, 0.5) is 10.1 Å². The van der Waals surface area contributed by atoms with Crippen molar-refractivity contribution < 1.29 is 14.0 Å². The van der Waals surface area contributed by atoms with Gasteiger partial charge in [-0.05, 0) is 23.3 Å². The lowest BCUT2D eigenvalue weighted by Gasteiger charge is -2.26. The third kappa shape index (κ3) is 2.01. The predicted octanol–water partition coefficient (Wildman–Crippen LogP) is 3.93. The van der Waals surface area contributed by atoms with Gasteiger partial charge in [-0.25, -0.2) is 9.29 Å². The summed E-state index contributed by atoms with van der Waals surface area (Å²) in [5.74, 6) is -2.24. The number of halogens is 1. The Morgan fingerprint density at radius 1 is 0.667 bits per heavy atom. The Morgan fingerprint density at radius 3 is 1.59 bits per heavy atom. The molecule has 3 aromatic carbocycles. The van der Waals surface area contributed by atoms with E-state index in [0.29, 0.717) is 0 Å². The zero-order valence-corrected chi connectivity index (χ0v) is 14.4. The number of fused-ring (bicyclic) bond motifs is 1. The van der Waals surface area contributed by atoms with Gasteiger partial charge in [-0.1, -0.05) is 72.8 Å². The zero-order valence-electron chi connectivity index (χ0n) is 14.4. The molecular weight excluding hydrogens is 341 g/mol. The van der Waals surface area contributed by atoms with Crippen molar-refractivity contribution in [2.75, 3.05) is 4.90 Å². The molecule has 1 aliphatic heterocycles. The van der Waals surface area contributed by atoms with Crippen molar-refractivity contribution in [1.29, 1.82) is 0 Å². The molecule has 0 unspecified atom stereocenters. The first-order valence-corrected chi connectivity index (χ1v) is 8.90. The molecule has 2 aliphatic rings. The van der Waals surface area contributed by atoms with Crippen LogP contribution in [0.25, 0.3) is 0 Å². The maximum Gasteiger partial charge on any atom is 0.239 e. The fraction of sp³-hybridized carbons (Fsp3) is 0.130. The monoisotopic (exact) mass is 357 g/mol. The molecule has 2 fully saturated rings. The normalized spacial score (nSPS) is 22.6. The molecule has 1 aliphatic carbocycles. The van der Waals surface area contributed by atoms with Crippen LogP contribution >= 0.6 is 0 Å². The molecule has 4 heteroatoms. The average molecular weight is 357 g/mol. The number of hydrogen-bond donors (Lipinski definition) is 0. The Kier molecular flexibility index (Phi) is 3.31. The SMILES string of the molecule is O=C1[C@@H]2[C@@H](C(=O)N1c1ccccc1F)C2(c1ccccc1)c1ccccc1. The third-order valence-electron chi connectivity index (χ3n) is 5.77. The van der Waals surface area contributed by atoms with E-state index in [1.54, 1.807) is 12.1 Å². The number of nitrogens with zero attached hydrogens (tertiary/aromatic N) is 1. The lowest BCUT2D eigenvalue weighted by atomic mass is 9.83. The number of para-hydroxylation sites is 1. The van der Waals surface area contributed by atoms with Crippen LogP contribution in [0.5, 0.6) is 0 Å². The minimum absolute atomic E-state index is 0.0368. The number of carbonyl (C=O) groups excluding carboxylic acids is 2. The summed E-state index contributed by atoms with van der Waals surface area (Å²) in [5, 5.41) is 0. The largest absolute Gasteiger partial charge is 0.274 e. The van der Waals surface area contributed by atoms with Gasteiger partial charge < -0.3 is 0 Å². The number of anilines is 1. The summed E-state index contributed by atoms with van der Waals surface area (Å²) in [7, 11) is 0. The maximum absolute atomic E-state index is 14.2. The van der Waals surface area contributed by atoms with E-state index in [2.05, 4.69) is 0 Å². The first-order chi connectivity index (χ1) is 13.2. The van der Waals surface area contributed by atoms with Crippen LogP contribution in [0.2, 0.25) is 0 Å². The maximum atomic E-state index is 14.2. The molecule has 132 valence electrons. The number of hydrogen-bond acceptors (Lipinski definition) is 2. The van der Waals surface area contributed by atoms with Crippen molar-refractivity contribution in [1.82, 2.24) is 0 Å². The number of amides is 2. The second-order valence-corrected chi connectivity index (χ2v) is 7.02. The quantitative estimate of drug-likeness (QED) is 0.666. The van der Waals surface area contributed by atoms with E-state index >= 15 is 0 Å². The van der Waals surface area contributed by atoms with Gasteiger partial charge >= 0.3 is 0 Å². The standard InChI is InChI=1S/C23H16FNO2/c24-17-13-7-8-14-18(17)25-21(26)19-20(22(25)27)23(19,15-9-3-1-4-10-15)16-11-5-2-6-12-16/h1-14,19-20H/t19-,20-/m0/s1. The van der Waals surface area contributed by atoms with Crippen molar-refractivity contribution in [3.05, 3.63) is 102 Å². The summed E-state index contributed by atoms with van der Waals surface area (Å²) < 4.78 is 14.2. The molecule has 3 nitrogen and oxygen atoms in total.